The third-order valence-electron chi connectivity index (χ3n) is 5.35. The number of rotatable bonds is 8. The molecule has 1 aromatic heterocycles. The highest BCUT2D eigenvalue weighted by molar-refractivity contribution is 5.91. The first-order valence-corrected chi connectivity index (χ1v) is 10.3. The van der Waals surface area contributed by atoms with Gasteiger partial charge in [-0.3, -0.25) is 9.69 Å². The number of carbonyl (C=O) groups is 1. The molecule has 0 bridgehead atoms. The quantitative estimate of drug-likeness (QED) is 0.699. The molecule has 1 amide bonds. The Balaban J connectivity index is 1.52. The molecule has 1 saturated heterocycles. The monoisotopic (exact) mass is 385 g/mol. The fourth-order valence-corrected chi connectivity index (χ4v) is 3.68. The van der Waals surface area contributed by atoms with Crippen LogP contribution in [-0.4, -0.2) is 63.5 Å². The molecule has 2 aromatic rings. The minimum Gasteiger partial charge on any atom is -0.494 e. The molecular weight excluding hydrogens is 354 g/mol. The number of nitrogens with zero attached hydrogens (tertiary/aromatic N) is 5. The third-order valence-corrected chi connectivity index (χ3v) is 5.35. The zero-order chi connectivity index (χ0) is 19.9. The first kappa shape index (κ1) is 20.3. The highest BCUT2D eigenvalue weighted by atomic mass is 16.5. The van der Waals surface area contributed by atoms with E-state index in [9.17, 15) is 4.79 Å². The van der Waals surface area contributed by atoms with Gasteiger partial charge >= 0.3 is 0 Å². The SMILES string of the molecule is CCOc1ccc(CN2CCC(n3cc(C(=O)N(CC)CC)nn3)CC2)cc1. The summed E-state index contributed by atoms with van der Waals surface area (Å²) in [6.07, 6.45) is 3.84. The molecule has 7 heteroatoms. The number of ether oxygens (including phenoxy) is 1. The Morgan fingerprint density at radius 1 is 1.14 bits per heavy atom. The van der Waals surface area contributed by atoms with Crippen LogP contribution in [0.1, 0.15) is 55.7 Å². The second-order valence-corrected chi connectivity index (χ2v) is 7.15. The largest absolute Gasteiger partial charge is 0.494 e. The number of hydrogen-bond acceptors (Lipinski definition) is 5. The number of hydrogen-bond donors (Lipinski definition) is 0. The number of carbonyl (C=O) groups excluding carboxylic acids is 1. The van der Waals surface area contributed by atoms with E-state index in [0.29, 0.717) is 31.4 Å². The smallest absolute Gasteiger partial charge is 0.276 e. The first-order valence-electron chi connectivity index (χ1n) is 10.3. The van der Waals surface area contributed by atoms with Crippen molar-refractivity contribution >= 4 is 5.91 Å². The van der Waals surface area contributed by atoms with Crippen LogP contribution in [0.5, 0.6) is 5.75 Å². The van der Waals surface area contributed by atoms with Gasteiger partial charge in [-0.05, 0) is 51.3 Å². The molecule has 0 saturated carbocycles. The van der Waals surface area contributed by atoms with E-state index in [-0.39, 0.29) is 5.91 Å². The molecule has 1 aliphatic rings. The Labute approximate surface area is 167 Å². The molecule has 0 N–H and O–H groups in total. The molecule has 3 rings (SSSR count). The van der Waals surface area contributed by atoms with Crippen molar-refractivity contribution in [2.75, 3.05) is 32.8 Å². The summed E-state index contributed by atoms with van der Waals surface area (Å²) in [5.41, 5.74) is 1.75. The molecule has 0 aliphatic carbocycles. The maximum Gasteiger partial charge on any atom is 0.276 e. The van der Waals surface area contributed by atoms with Gasteiger partial charge in [-0.1, -0.05) is 17.3 Å². The Morgan fingerprint density at radius 2 is 1.82 bits per heavy atom. The summed E-state index contributed by atoms with van der Waals surface area (Å²) in [6, 6.07) is 8.66. The van der Waals surface area contributed by atoms with Crippen LogP contribution in [0, 0.1) is 0 Å². The van der Waals surface area contributed by atoms with Crippen molar-refractivity contribution in [2.45, 2.75) is 46.2 Å². The van der Waals surface area contributed by atoms with Crippen molar-refractivity contribution in [2.24, 2.45) is 0 Å². The summed E-state index contributed by atoms with van der Waals surface area (Å²) >= 11 is 0. The maximum atomic E-state index is 12.4. The van der Waals surface area contributed by atoms with Crippen molar-refractivity contribution in [3.63, 3.8) is 0 Å². The van der Waals surface area contributed by atoms with E-state index in [1.165, 1.54) is 5.56 Å². The molecule has 1 fully saturated rings. The van der Waals surface area contributed by atoms with Crippen molar-refractivity contribution in [3.8, 4) is 5.75 Å². The van der Waals surface area contributed by atoms with E-state index in [0.717, 1.165) is 38.2 Å². The zero-order valence-corrected chi connectivity index (χ0v) is 17.2. The minimum absolute atomic E-state index is 0.0378. The summed E-state index contributed by atoms with van der Waals surface area (Å²) in [6.45, 7) is 11.0. The lowest BCUT2D eigenvalue weighted by molar-refractivity contribution is 0.0767. The average molecular weight is 386 g/mol. The normalized spacial score (nSPS) is 15.5. The highest BCUT2D eigenvalue weighted by Gasteiger charge is 2.23. The molecule has 1 aromatic carbocycles. The van der Waals surface area contributed by atoms with Gasteiger partial charge in [0.05, 0.1) is 18.8 Å². The van der Waals surface area contributed by atoms with Gasteiger partial charge in [-0.15, -0.1) is 5.10 Å². The van der Waals surface area contributed by atoms with E-state index in [2.05, 4.69) is 27.3 Å². The summed E-state index contributed by atoms with van der Waals surface area (Å²) in [5.74, 6) is 0.885. The Hall–Kier alpha value is -2.41. The average Bonchev–Trinajstić information content (AvgIpc) is 3.21. The van der Waals surface area contributed by atoms with Gasteiger partial charge in [-0.25, -0.2) is 4.68 Å². The van der Waals surface area contributed by atoms with Crippen LogP contribution in [0.25, 0.3) is 0 Å². The van der Waals surface area contributed by atoms with Gasteiger partial charge in [0.15, 0.2) is 5.69 Å². The Morgan fingerprint density at radius 3 is 2.43 bits per heavy atom. The van der Waals surface area contributed by atoms with E-state index in [1.807, 2.05) is 43.8 Å². The molecule has 1 aliphatic heterocycles. The predicted octanol–water partition coefficient (Wildman–Crippen LogP) is 3.00. The lowest BCUT2D eigenvalue weighted by Gasteiger charge is -2.31. The van der Waals surface area contributed by atoms with Crippen molar-refractivity contribution in [3.05, 3.63) is 41.7 Å². The minimum atomic E-state index is -0.0378. The molecule has 0 radical (unpaired) electrons. The van der Waals surface area contributed by atoms with Crippen LogP contribution < -0.4 is 4.74 Å². The molecular formula is C21H31N5O2. The fraction of sp³-hybridized carbons (Fsp3) is 0.571. The molecule has 7 nitrogen and oxygen atoms in total. The Bertz CT molecular complexity index is 746. The van der Waals surface area contributed by atoms with Crippen molar-refractivity contribution < 1.29 is 9.53 Å². The molecule has 2 heterocycles. The standard InChI is InChI=1S/C21H31N5O2/c1-4-25(5-2)21(27)20-16-26(23-22-20)18-11-13-24(14-12-18)15-17-7-9-19(10-8-17)28-6-3/h7-10,16,18H,4-6,11-15H2,1-3H3. The van der Waals surface area contributed by atoms with Gasteiger partial charge in [0.1, 0.15) is 5.75 Å². The number of amides is 1. The summed E-state index contributed by atoms with van der Waals surface area (Å²) in [5, 5.41) is 8.35. The van der Waals surface area contributed by atoms with Crippen LogP contribution >= 0.6 is 0 Å². The summed E-state index contributed by atoms with van der Waals surface area (Å²) < 4.78 is 7.39. The number of benzene rings is 1. The fourth-order valence-electron chi connectivity index (χ4n) is 3.68. The van der Waals surface area contributed by atoms with Crippen LogP contribution in [0.4, 0.5) is 0 Å². The second kappa shape index (κ2) is 9.68. The molecule has 152 valence electrons. The lowest BCUT2D eigenvalue weighted by atomic mass is 10.0. The highest BCUT2D eigenvalue weighted by Crippen LogP contribution is 2.23. The molecule has 0 unspecified atom stereocenters. The first-order chi connectivity index (χ1) is 13.6. The van der Waals surface area contributed by atoms with E-state index in [4.69, 9.17) is 4.74 Å². The van der Waals surface area contributed by atoms with Gasteiger partial charge in [0.25, 0.3) is 5.91 Å². The number of piperidine rings is 1. The second-order valence-electron chi connectivity index (χ2n) is 7.15. The van der Waals surface area contributed by atoms with Gasteiger partial charge in [0.2, 0.25) is 0 Å². The number of aromatic nitrogens is 3. The van der Waals surface area contributed by atoms with Crippen LogP contribution in [0.3, 0.4) is 0 Å². The van der Waals surface area contributed by atoms with Crippen LogP contribution in [0.2, 0.25) is 0 Å². The van der Waals surface area contributed by atoms with Gasteiger partial charge in [0, 0.05) is 32.7 Å². The van der Waals surface area contributed by atoms with E-state index >= 15 is 0 Å². The number of likely N-dealkylation sites (tertiary alicyclic amines) is 1. The summed E-state index contributed by atoms with van der Waals surface area (Å²) in [4.78, 5) is 16.7. The topological polar surface area (TPSA) is 63.5 Å². The zero-order valence-electron chi connectivity index (χ0n) is 17.2. The Kier molecular flexibility index (Phi) is 7.03. The van der Waals surface area contributed by atoms with Crippen LogP contribution in [0.15, 0.2) is 30.5 Å². The molecule has 0 atom stereocenters. The van der Waals surface area contributed by atoms with E-state index in [1.54, 1.807) is 4.90 Å². The maximum absolute atomic E-state index is 12.4. The lowest BCUT2D eigenvalue weighted by Crippen LogP contribution is -2.34. The van der Waals surface area contributed by atoms with Crippen LogP contribution in [-0.2, 0) is 6.54 Å². The van der Waals surface area contributed by atoms with Crippen molar-refractivity contribution in [1.82, 2.24) is 24.8 Å². The van der Waals surface area contributed by atoms with E-state index < -0.39 is 0 Å². The van der Waals surface area contributed by atoms with Gasteiger partial charge < -0.3 is 9.64 Å². The van der Waals surface area contributed by atoms with Gasteiger partial charge in [-0.2, -0.15) is 0 Å². The predicted molar refractivity (Wildman–Crippen MR) is 108 cm³/mol. The third kappa shape index (κ3) is 4.90. The summed E-state index contributed by atoms with van der Waals surface area (Å²) in [7, 11) is 0. The molecule has 28 heavy (non-hydrogen) atoms. The molecule has 0 spiro atoms. The van der Waals surface area contributed by atoms with Crippen molar-refractivity contribution in [1.29, 1.82) is 0 Å².